The van der Waals surface area contributed by atoms with Gasteiger partial charge in [0.2, 0.25) is 0 Å². The zero-order valence-electron chi connectivity index (χ0n) is 8.78. The van der Waals surface area contributed by atoms with Crippen LogP contribution in [0.4, 0.5) is 0 Å². The van der Waals surface area contributed by atoms with Gasteiger partial charge in [0.05, 0.1) is 0 Å². The Hall–Kier alpha value is -0.130. The zero-order chi connectivity index (χ0) is 10.7. The molecule has 0 aromatic carbocycles. The minimum Gasteiger partial charge on any atom is -0.468 e. The van der Waals surface area contributed by atoms with E-state index in [0.29, 0.717) is 6.04 Å². The molecule has 5 heteroatoms. The van der Waals surface area contributed by atoms with Gasteiger partial charge in [0.1, 0.15) is 11.2 Å². The van der Waals surface area contributed by atoms with Gasteiger partial charge >= 0.3 is 0 Å². The summed E-state index contributed by atoms with van der Waals surface area (Å²) in [4.78, 5) is 6.60. The van der Waals surface area contributed by atoms with Crippen molar-refractivity contribution in [2.45, 2.75) is 25.3 Å². The number of nitrogens with zero attached hydrogens (tertiary/aromatic N) is 2. The molecule has 0 radical (unpaired) electrons. The highest BCUT2D eigenvalue weighted by Gasteiger charge is 2.19. The average molecular weight is 291 g/mol. The Kier molecular flexibility index (Phi) is 3.99. The molecule has 2 rings (SSSR count). The van der Waals surface area contributed by atoms with Gasteiger partial charge in [-0.05, 0) is 42.4 Å². The molecule has 1 aromatic rings. The molecule has 0 saturated carbocycles. The molecule has 1 atom stereocenters. The van der Waals surface area contributed by atoms with E-state index in [1.54, 1.807) is 11.3 Å². The van der Waals surface area contributed by atoms with Crippen molar-refractivity contribution >= 4 is 27.3 Å². The fourth-order valence-electron chi connectivity index (χ4n) is 1.83. The van der Waals surface area contributed by atoms with Crippen molar-refractivity contribution < 1.29 is 4.74 Å². The molecule has 0 spiro atoms. The third-order valence-corrected chi connectivity index (χ3v) is 4.24. The number of piperidine rings is 1. The largest absolute Gasteiger partial charge is 0.468 e. The van der Waals surface area contributed by atoms with E-state index in [9.17, 15) is 0 Å². The van der Waals surface area contributed by atoms with Crippen molar-refractivity contribution in [3.8, 4) is 5.19 Å². The van der Waals surface area contributed by atoms with Crippen molar-refractivity contribution in [1.82, 2.24) is 9.88 Å². The molecule has 0 N–H and O–H groups in total. The van der Waals surface area contributed by atoms with E-state index in [4.69, 9.17) is 4.74 Å². The molecule has 0 aliphatic carbocycles. The quantitative estimate of drug-likeness (QED) is 0.856. The fraction of sp³-hybridized carbons (Fsp3) is 0.700. The van der Waals surface area contributed by atoms with Crippen LogP contribution in [0, 0.1) is 0 Å². The van der Waals surface area contributed by atoms with Crippen molar-refractivity contribution in [3.05, 3.63) is 9.98 Å². The lowest BCUT2D eigenvalue weighted by Gasteiger charge is -2.31. The number of rotatable bonds is 3. The fourth-order valence-corrected chi connectivity index (χ4v) is 2.92. The number of likely N-dealkylation sites (tertiary alicyclic amines) is 1. The summed E-state index contributed by atoms with van der Waals surface area (Å²) in [5.74, 6) is 0. The Balaban J connectivity index is 1.81. The number of aromatic nitrogens is 1. The van der Waals surface area contributed by atoms with Crippen LogP contribution in [0.15, 0.2) is 9.98 Å². The van der Waals surface area contributed by atoms with Gasteiger partial charge < -0.3 is 9.64 Å². The summed E-state index contributed by atoms with van der Waals surface area (Å²) in [5.41, 5.74) is 0. The highest BCUT2D eigenvalue weighted by atomic mass is 79.9. The maximum Gasteiger partial charge on any atom is 0.274 e. The van der Waals surface area contributed by atoms with E-state index in [0.717, 1.165) is 16.4 Å². The minimum absolute atomic E-state index is 0.557. The van der Waals surface area contributed by atoms with Gasteiger partial charge in [0.15, 0.2) is 0 Å². The standard InChI is InChI=1S/C10H15BrN2OS/c1-13-5-3-2-4-8(13)6-14-10-12-9(11)7-15-10/h7-8H,2-6H2,1H3. The molecule has 15 heavy (non-hydrogen) atoms. The Morgan fingerprint density at radius 3 is 3.20 bits per heavy atom. The third kappa shape index (κ3) is 3.16. The van der Waals surface area contributed by atoms with Crippen LogP contribution in [0.1, 0.15) is 19.3 Å². The van der Waals surface area contributed by atoms with E-state index in [1.807, 2.05) is 5.38 Å². The van der Waals surface area contributed by atoms with Gasteiger partial charge in [0.25, 0.3) is 5.19 Å². The average Bonchev–Trinajstić information content (AvgIpc) is 2.63. The van der Waals surface area contributed by atoms with Crippen LogP contribution in [0.25, 0.3) is 0 Å². The monoisotopic (exact) mass is 290 g/mol. The number of likely N-dealkylation sites (N-methyl/N-ethyl adjacent to an activating group) is 1. The molecular weight excluding hydrogens is 276 g/mol. The summed E-state index contributed by atoms with van der Waals surface area (Å²) in [5, 5.41) is 2.71. The molecule has 1 aromatic heterocycles. The summed E-state index contributed by atoms with van der Waals surface area (Å²) in [7, 11) is 2.17. The van der Waals surface area contributed by atoms with E-state index in [-0.39, 0.29) is 0 Å². The predicted octanol–water partition coefficient (Wildman–Crippen LogP) is 2.77. The first-order chi connectivity index (χ1) is 7.25. The molecular formula is C10H15BrN2OS. The molecule has 1 unspecified atom stereocenters. The number of ether oxygens (including phenoxy) is 1. The summed E-state index contributed by atoms with van der Waals surface area (Å²) in [6, 6.07) is 0.557. The molecule has 3 nitrogen and oxygen atoms in total. The summed E-state index contributed by atoms with van der Waals surface area (Å²) in [6.45, 7) is 1.95. The number of hydrogen-bond acceptors (Lipinski definition) is 4. The van der Waals surface area contributed by atoms with Gasteiger partial charge in [-0.25, -0.2) is 0 Å². The lowest BCUT2D eigenvalue weighted by Crippen LogP contribution is -2.40. The van der Waals surface area contributed by atoms with E-state index >= 15 is 0 Å². The Labute approximate surface area is 103 Å². The second kappa shape index (κ2) is 5.27. The van der Waals surface area contributed by atoms with E-state index < -0.39 is 0 Å². The van der Waals surface area contributed by atoms with Crippen LogP contribution in [0.3, 0.4) is 0 Å². The second-order valence-electron chi connectivity index (χ2n) is 3.88. The van der Waals surface area contributed by atoms with Crippen LogP contribution >= 0.6 is 27.3 Å². The molecule has 2 heterocycles. The van der Waals surface area contributed by atoms with Crippen molar-refractivity contribution in [2.24, 2.45) is 0 Å². The van der Waals surface area contributed by atoms with Crippen molar-refractivity contribution in [1.29, 1.82) is 0 Å². The minimum atomic E-state index is 0.557. The molecule has 1 aliphatic rings. The van der Waals surface area contributed by atoms with Gasteiger partial charge in [-0.2, -0.15) is 4.98 Å². The van der Waals surface area contributed by atoms with Crippen molar-refractivity contribution in [2.75, 3.05) is 20.2 Å². The molecule has 0 amide bonds. The molecule has 1 saturated heterocycles. The first-order valence-corrected chi connectivity index (χ1v) is 6.87. The summed E-state index contributed by atoms with van der Waals surface area (Å²) >= 11 is 4.86. The molecule has 1 aliphatic heterocycles. The second-order valence-corrected chi connectivity index (χ2v) is 5.51. The number of halogens is 1. The number of thiazole rings is 1. The Bertz CT molecular complexity index is 318. The molecule has 84 valence electrons. The van der Waals surface area contributed by atoms with Crippen molar-refractivity contribution in [3.63, 3.8) is 0 Å². The first kappa shape index (κ1) is 11.4. The van der Waals surface area contributed by atoms with Crippen LogP contribution in [-0.2, 0) is 0 Å². The van der Waals surface area contributed by atoms with Crippen LogP contribution < -0.4 is 4.74 Å². The van der Waals surface area contributed by atoms with Crippen LogP contribution in [-0.4, -0.2) is 36.1 Å². The van der Waals surface area contributed by atoms with E-state index in [1.165, 1.54) is 25.8 Å². The SMILES string of the molecule is CN1CCCCC1COc1nc(Br)cs1. The third-order valence-electron chi connectivity index (χ3n) is 2.78. The van der Waals surface area contributed by atoms with Crippen LogP contribution in [0.2, 0.25) is 0 Å². The normalized spacial score (nSPS) is 22.9. The maximum absolute atomic E-state index is 5.67. The topological polar surface area (TPSA) is 25.4 Å². The molecule has 0 bridgehead atoms. The van der Waals surface area contributed by atoms with Gasteiger partial charge in [-0.3, -0.25) is 0 Å². The Morgan fingerprint density at radius 2 is 2.53 bits per heavy atom. The molecule has 1 fully saturated rings. The smallest absolute Gasteiger partial charge is 0.274 e. The Morgan fingerprint density at radius 1 is 1.67 bits per heavy atom. The summed E-state index contributed by atoms with van der Waals surface area (Å²) < 4.78 is 6.53. The lowest BCUT2D eigenvalue weighted by molar-refractivity contribution is 0.125. The first-order valence-electron chi connectivity index (χ1n) is 5.20. The number of hydrogen-bond donors (Lipinski definition) is 0. The van der Waals surface area contributed by atoms with Gasteiger partial charge in [0, 0.05) is 11.4 Å². The van der Waals surface area contributed by atoms with Gasteiger partial charge in [-0.15, -0.1) is 0 Å². The maximum atomic E-state index is 5.67. The predicted molar refractivity (Wildman–Crippen MR) is 65.6 cm³/mol. The van der Waals surface area contributed by atoms with Gasteiger partial charge in [-0.1, -0.05) is 17.8 Å². The zero-order valence-corrected chi connectivity index (χ0v) is 11.2. The lowest BCUT2D eigenvalue weighted by atomic mass is 10.0. The highest BCUT2D eigenvalue weighted by Crippen LogP contribution is 2.23. The van der Waals surface area contributed by atoms with Crippen LogP contribution in [0.5, 0.6) is 5.19 Å². The highest BCUT2D eigenvalue weighted by molar-refractivity contribution is 9.10. The summed E-state index contributed by atoms with van der Waals surface area (Å²) in [6.07, 6.45) is 3.87. The van der Waals surface area contributed by atoms with E-state index in [2.05, 4.69) is 32.9 Å².